The lowest BCUT2D eigenvalue weighted by Gasteiger charge is -2.38. The molecule has 110 valence electrons. The highest BCUT2D eigenvalue weighted by atomic mass is 16.6. The SMILES string of the molecule is COC(=O)[C@@]1(C(C)(C)C)C[C@](O)(C(C)(C)C)C(=O)O1. The maximum atomic E-state index is 12.1. The van der Waals surface area contributed by atoms with Gasteiger partial charge < -0.3 is 14.6 Å². The number of methoxy groups -OCH3 is 1. The van der Waals surface area contributed by atoms with Crippen molar-refractivity contribution in [2.24, 2.45) is 10.8 Å². The van der Waals surface area contributed by atoms with Gasteiger partial charge in [-0.2, -0.15) is 0 Å². The predicted molar refractivity (Wildman–Crippen MR) is 69.3 cm³/mol. The van der Waals surface area contributed by atoms with Gasteiger partial charge in [0.15, 0.2) is 5.60 Å². The molecule has 1 fully saturated rings. The van der Waals surface area contributed by atoms with Crippen molar-refractivity contribution in [1.82, 2.24) is 0 Å². The van der Waals surface area contributed by atoms with Gasteiger partial charge >= 0.3 is 11.9 Å². The number of carbonyl (C=O) groups is 2. The second-order valence-corrected chi connectivity index (χ2v) is 7.25. The van der Waals surface area contributed by atoms with Crippen molar-refractivity contribution in [2.45, 2.75) is 59.2 Å². The smallest absolute Gasteiger partial charge is 0.351 e. The summed E-state index contributed by atoms with van der Waals surface area (Å²) in [4.78, 5) is 24.3. The summed E-state index contributed by atoms with van der Waals surface area (Å²) in [7, 11) is 1.25. The number of hydrogen-bond donors (Lipinski definition) is 1. The minimum absolute atomic E-state index is 0.0987. The summed E-state index contributed by atoms with van der Waals surface area (Å²) in [6, 6.07) is 0. The molecular weight excluding hydrogens is 248 g/mol. The molecule has 19 heavy (non-hydrogen) atoms. The Bertz CT molecular complexity index is 401. The molecule has 1 aliphatic rings. The number of hydrogen-bond acceptors (Lipinski definition) is 5. The summed E-state index contributed by atoms with van der Waals surface area (Å²) < 4.78 is 10.1. The minimum Gasteiger partial charge on any atom is -0.466 e. The van der Waals surface area contributed by atoms with Crippen molar-refractivity contribution in [2.75, 3.05) is 7.11 Å². The zero-order valence-electron chi connectivity index (χ0n) is 12.8. The van der Waals surface area contributed by atoms with Gasteiger partial charge in [0, 0.05) is 17.3 Å². The van der Waals surface area contributed by atoms with E-state index in [4.69, 9.17) is 9.47 Å². The van der Waals surface area contributed by atoms with Gasteiger partial charge in [-0.25, -0.2) is 9.59 Å². The molecule has 1 rings (SSSR count). The summed E-state index contributed by atoms with van der Waals surface area (Å²) in [6.45, 7) is 10.6. The van der Waals surface area contributed by atoms with Gasteiger partial charge in [0.2, 0.25) is 5.60 Å². The maximum Gasteiger partial charge on any atom is 0.351 e. The first-order valence-electron chi connectivity index (χ1n) is 6.36. The summed E-state index contributed by atoms with van der Waals surface area (Å²) in [5.41, 5.74) is -4.56. The molecule has 0 saturated carbocycles. The molecule has 5 heteroatoms. The van der Waals surface area contributed by atoms with E-state index in [0.717, 1.165) is 0 Å². The molecule has 0 aromatic heterocycles. The highest BCUT2D eigenvalue weighted by Crippen LogP contribution is 2.51. The van der Waals surface area contributed by atoms with Crippen LogP contribution in [0.15, 0.2) is 0 Å². The number of rotatable bonds is 1. The molecule has 2 atom stereocenters. The number of cyclic esters (lactones) is 1. The summed E-state index contributed by atoms with van der Waals surface area (Å²) in [6.07, 6.45) is -0.0987. The fourth-order valence-electron chi connectivity index (χ4n) is 2.29. The van der Waals surface area contributed by atoms with Gasteiger partial charge in [-0.1, -0.05) is 41.5 Å². The third-order valence-corrected chi connectivity index (χ3v) is 4.08. The Labute approximate surface area is 114 Å². The lowest BCUT2D eigenvalue weighted by molar-refractivity contribution is -0.186. The van der Waals surface area contributed by atoms with Crippen LogP contribution in [0.4, 0.5) is 0 Å². The highest BCUT2D eigenvalue weighted by Gasteiger charge is 2.68. The van der Waals surface area contributed by atoms with E-state index in [-0.39, 0.29) is 6.42 Å². The Kier molecular flexibility index (Phi) is 3.53. The predicted octanol–water partition coefficient (Wildman–Crippen LogP) is 1.67. The third kappa shape index (κ3) is 2.14. The van der Waals surface area contributed by atoms with E-state index >= 15 is 0 Å². The zero-order valence-corrected chi connectivity index (χ0v) is 12.8. The van der Waals surface area contributed by atoms with Crippen molar-refractivity contribution in [3.05, 3.63) is 0 Å². The Balaban J connectivity index is 3.36. The van der Waals surface area contributed by atoms with Crippen LogP contribution in [0, 0.1) is 10.8 Å². The van der Waals surface area contributed by atoms with Crippen LogP contribution in [0.1, 0.15) is 48.0 Å². The average molecular weight is 272 g/mol. The fourth-order valence-corrected chi connectivity index (χ4v) is 2.29. The van der Waals surface area contributed by atoms with E-state index in [1.165, 1.54) is 7.11 Å². The molecular formula is C14H24O5. The van der Waals surface area contributed by atoms with Crippen LogP contribution in [-0.4, -0.2) is 35.4 Å². The standard InChI is InChI=1S/C14H24O5/c1-11(2,3)13(17)8-14(10(16)18-7,12(4,5)6)19-9(13)15/h17H,8H2,1-7H3/t13-,14-/m1/s1. The van der Waals surface area contributed by atoms with E-state index in [2.05, 4.69) is 0 Å². The molecule has 0 aromatic rings. The van der Waals surface area contributed by atoms with Crippen LogP contribution in [0.3, 0.4) is 0 Å². The molecule has 0 aromatic carbocycles. The normalized spacial score (nSPS) is 32.1. The number of esters is 2. The van der Waals surface area contributed by atoms with E-state index < -0.39 is 34.0 Å². The van der Waals surface area contributed by atoms with Crippen LogP contribution in [-0.2, 0) is 19.1 Å². The van der Waals surface area contributed by atoms with Crippen LogP contribution in [0.2, 0.25) is 0 Å². The number of ether oxygens (including phenoxy) is 2. The molecule has 1 heterocycles. The molecule has 1 saturated heterocycles. The maximum absolute atomic E-state index is 12.1. The van der Waals surface area contributed by atoms with E-state index in [1.54, 1.807) is 41.5 Å². The monoisotopic (exact) mass is 272 g/mol. The Morgan fingerprint density at radius 2 is 1.68 bits per heavy atom. The first-order chi connectivity index (χ1) is 8.32. The van der Waals surface area contributed by atoms with Crippen LogP contribution in [0.5, 0.6) is 0 Å². The van der Waals surface area contributed by atoms with Gasteiger partial charge in [-0.15, -0.1) is 0 Å². The summed E-state index contributed by atoms with van der Waals surface area (Å²) >= 11 is 0. The van der Waals surface area contributed by atoms with Crippen molar-refractivity contribution in [3.63, 3.8) is 0 Å². The molecule has 0 aliphatic carbocycles. The average Bonchev–Trinajstić information content (AvgIpc) is 2.51. The summed E-state index contributed by atoms with van der Waals surface area (Å²) in [5, 5.41) is 10.7. The second-order valence-electron chi connectivity index (χ2n) is 7.25. The number of carbonyl (C=O) groups excluding carboxylic acids is 2. The topological polar surface area (TPSA) is 72.8 Å². The lowest BCUT2D eigenvalue weighted by Crippen LogP contribution is -2.53. The minimum atomic E-state index is -1.70. The van der Waals surface area contributed by atoms with Gasteiger partial charge in [0.05, 0.1) is 7.11 Å². The highest BCUT2D eigenvalue weighted by molar-refractivity contribution is 5.92. The second kappa shape index (κ2) is 4.20. The van der Waals surface area contributed by atoms with E-state index in [1.807, 2.05) is 0 Å². The van der Waals surface area contributed by atoms with Crippen molar-refractivity contribution in [3.8, 4) is 0 Å². The molecule has 1 N–H and O–H groups in total. The molecule has 5 nitrogen and oxygen atoms in total. The van der Waals surface area contributed by atoms with Gasteiger partial charge in [0.25, 0.3) is 0 Å². The van der Waals surface area contributed by atoms with Crippen molar-refractivity contribution < 1.29 is 24.2 Å². The first-order valence-corrected chi connectivity index (χ1v) is 6.36. The molecule has 0 amide bonds. The van der Waals surface area contributed by atoms with Crippen molar-refractivity contribution in [1.29, 1.82) is 0 Å². The van der Waals surface area contributed by atoms with E-state index in [0.29, 0.717) is 0 Å². The molecule has 0 spiro atoms. The Morgan fingerprint density at radius 3 is 1.95 bits per heavy atom. The van der Waals surface area contributed by atoms with Crippen molar-refractivity contribution >= 4 is 11.9 Å². The molecule has 0 unspecified atom stereocenters. The fraction of sp³-hybridized carbons (Fsp3) is 0.857. The molecule has 1 aliphatic heterocycles. The molecule has 0 bridgehead atoms. The van der Waals surface area contributed by atoms with Crippen LogP contribution >= 0.6 is 0 Å². The zero-order chi connectivity index (χ0) is 15.3. The van der Waals surface area contributed by atoms with Crippen LogP contribution in [0.25, 0.3) is 0 Å². The van der Waals surface area contributed by atoms with Gasteiger partial charge in [-0.3, -0.25) is 0 Å². The molecule has 0 radical (unpaired) electrons. The largest absolute Gasteiger partial charge is 0.466 e. The Hall–Kier alpha value is -1.10. The summed E-state index contributed by atoms with van der Waals surface area (Å²) in [5.74, 6) is -1.39. The van der Waals surface area contributed by atoms with Gasteiger partial charge in [-0.05, 0) is 0 Å². The third-order valence-electron chi connectivity index (χ3n) is 4.08. The van der Waals surface area contributed by atoms with E-state index in [9.17, 15) is 14.7 Å². The first kappa shape index (κ1) is 16.0. The lowest BCUT2D eigenvalue weighted by atomic mass is 9.66. The Morgan fingerprint density at radius 1 is 1.21 bits per heavy atom. The number of aliphatic hydroxyl groups is 1. The van der Waals surface area contributed by atoms with Gasteiger partial charge in [0.1, 0.15) is 0 Å². The van der Waals surface area contributed by atoms with Crippen LogP contribution < -0.4 is 0 Å². The quantitative estimate of drug-likeness (QED) is 0.735.